The van der Waals surface area contributed by atoms with Crippen molar-refractivity contribution in [1.82, 2.24) is 4.57 Å². The predicted molar refractivity (Wildman–Crippen MR) is 124 cm³/mol. The van der Waals surface area contributed by atoms with Crippen LogP contribution in [0.4, 0.5) is 4.39 Å². The Labute approximate surface area is 191 Å². The number of hydrogen-bond acceptors (Lipinski definition) is 4. The molecule has 2 aromatic carbocycles. The molecule has 4 rings (SSSR count). The Balaban J connectivity index is 2.17. The topological polar surface area (TPSA) is 77.8 Å². The van der Waals surface area contributed by atoms with Crippen LogP contribution in [-0.2, 0) is 23.0 Å². The Morgan fingerprint density at radius 1 is 1.27 bits per heavy atom. The van der Waals surface area contributed by atoms with Gasteiger partial charge in [-0.15, -0.1) is 0 Å². The van der Waals surface area contributed by atoms with E-state index in [1.165, 1.54) is 23.7 Å². The molecular weight excluding hydrogens is 425 g/mol. The van der Waals surface area contributed by atoms with Crippen molar-refractivity contribution in [2.45, 2.75) is 52.2 Å². The average Bonchev–Trinajstić information content (AvgIpc) is 2.74. The second kappa shape index (κ2) is 8.30. The Bertz CT molecular complexity index is 1320. The van der Waals surface area contributed by atoms with Gasteiger partial charge in [0, 0.05) is 18.0 Å². The van der Waals surface area contributed by atoms with E-state index in [1.807, 2.05) is 19.1 Å². The maximum absolute atomic E-state index is 15.3. The van der Waals surface area contributed by atoms with Crippen LogP contribution in [0, 0.1) is 12.7 Å². The minimum absolute atomic E-state index is 0.0964. The predicted octanol–water partition coefficient (Wildman–Crippen LogP) is 4.92. The summed E-state index contributed by atoms with van der Waals surface area (Å²) in [6.45, 7) is 7.72. The van der Waals surface area contributed by atoms with Crippen molar-refractivity contribution in [3.8, 4) is 16.9 Å². The Morgan fingerprint density at radius 3 is 2.67 bits per heavy atom. The van der Waals surface area contributed by atoms with Crippen LogP contribution in [0.15, 0.2) is 35.1 Å². The number of carboxylic acid groups (broad SMARTS) is 1. The smallest absolute Gasteiger partial charge is 0.339 e. The van der Waals surface area contributed by atoms with E-state index in [-0.39, 0.29) is 16.5 Å². The van der Waals surface area contributed by atoms with E-state index < -0.39 is 29.1 Å². The SMILES string of the molecule is Cc1cc2c(cc1-c1c([C@@H](OC(C)(C)C)C(=O)O)n(C)c(=O)c3cccc(F)c13)CCCO2. The van der Waals surface area contributed by atoms with Gasteiger partial charge in [0.1, 0.15) is 11.6 Å². The molecule has 1 atom stereocenters. The minimum atomic E-state index is -1.48. The lowest BCUT2D eigenvalue weighted by molar-refractivity contribution is -0.161. The highest BCUT2D eigenvalue weighted by molar-refractivity contribution is 6.00. The van der Waals surface area contributed by atoms with Crippen LogP contribution >= 0.6 is 0 Å². The lowest BCUT2D eigenvalue weighted by atomic mass is 9.89. The summed E-state index contributed by atoms with van der Waals surface area (Å²) in [5, 5.41) is 10.4. The van der Waals surface area contributed by atoms with Crippen molar-refractivity contribution in [2.24, 2.45) is 7.05 Å². The number of aromatic nitrogens is 1. The van der Waals surface area contributed by atoms with Crippen molar-refractivity contribution < 1.29 is 23.8 Å². The molecule has 0 radical (unpaired) electrons. The third kappa shape index (κ3) is 4.13. The van der Waals surface area contributed by atoms with Crippen LogP contribution in [0.25, 0.3) is 21.9 Å². The van der Waals surface area contributed by atoms with E-state index >= 15 is 4.39 Å². The second-order valence-electron chi connectivity index (χ2n) is 9.46. The molecule has 0 aliphatic carbocycles. The molecule has 174 valence electrons. The molecule has 0 saturated carbocycles. The van der Waals surface area contributed by atoms with Crippen LogP contribution in [-0.4, -0.2) is 27.9 Å². The summed E-state index contributed by atoms with van der Waals surface area (Å²) in [5.74, 6) is -1.06. The number of carboxylic acids is 1. The normalized spacial score (nSPS) is 14.6. The van der Waals surface area contributed by atoms with Crippen LogP contribution < -0.4 is 10.3 Å². The molecule has 33 heavy (non-hydrogen) atoms. The minimum Gasteiger partial charge on any atom is -0.493 e. The first kappa shape index (κ1) is 23.0. The lowest BCUT2D eigenvalue weighted by Gasteiger charge is -2.29. The van der Waals surface area contributed by atoms with Crippen LogP contribution in [0.5, 0.6) is 5.75 Å². The van der Waals surface area contributed by atoms with Crippen molar-refractivity contribution >= 4 is 16.7 Å². The molecule has 0 amide bonds. The number of aliphatic carboxylic acids is 1. The standard InChI is InChI=1S/C26H28FNO5/c1-14-12-19-15(8-7-11-32-19)13-17(14)21-20-16(9-6-10-18(20)27)24(29)28(5)22(21)23(25(30)31)33-26(2,3)4/h6,9-10,12-13,23H,7-8,11H2,1-5H3,(H,30,31)/t23-/m1/s1. The first-order valence-electron chi connectivity index (χ1n) is 11.0. The van der Waals surface area contributed by atoms with Crippen molar-refractivity contribution in [2.75, 3.05) is 6.61 Å². The van der Waals surface area contributed by atoms with Gasteiger partial charge >= 0.3 is 5.97 Å². The molecule has 1 aromatic heterocycles. The second-order valence-corrected chi connectivity index (χ2v) is 9.46. The highest BCUT2D eigenvalue weighted by atomic mass is 19.1. The number of benzene rings is 2. The zero-order valence-electron chi connectivity index (χ0n) is 19.5. The average molecular weight is 454 g/mol. The summed E-state index contributed by atoms with van der Waals surface area (Å²) in [6.07, 6.45) is 0.175. The van der Waals surface area contributed by atoms with Gasteiger partial charge in [0.05, 0.1) is 23.3 Å². The quantitative estimate of drug-likeness (QED) is 0.607. The van der Waals surface area contributed by atoms with Gasteiger partial charge in [0.2, 0.25) is 0 Å². The molecule has 7 heteroatoms. The highest BCUT2D eigenvalue weighted by Crippen LogP contribution is 2.41. The van der Waals surface area contributed by atoms with Gasteiger partial charge in [-0.2, -0.15) is 0 Å². The number of carbonyl (C=O) groups is 1. The zero-order chi connectivity index (χ0) is 24.1. The summed E-state index contributed by atoms with van der Waals surface area (Å²) in [6, 6.07) is 8.15. The van der Waals surface area contributed by atoms with Gasteiger partial charge in [-0.25, -0.2) is 9.18 Å². The Morgan fingerprint density at radius 2 is 2.00 bits per heavy atom. The summed E-state index contributed by atoms with van der Waals surface area (Å²) < 4.78 is 28.3. The van der Waals surface area contributed by atoms with E-state index in [9.17, 15) is 14.7 Å². The van der Waals surface area contributed by atoms with Gasteiger partial charge < -0.3 is 19.1 Å². The number of rotatable bonds is 4. The number of aryl methyl sites for hydroxylation is 2. The summed E-state index contributed by atoms with van der Waals surface area (Å²) >= 11 is 0. The van der Waals surface area contributed by atoms with Crippen molar-refractivity contribution in [3.05, 3.63) is 63.3 Å². The van der Waals surface area contributed by atoms with Gasteiger partial charge in [-0.1, -0.05) is 6.07 Å². The van der Waals surface area contributed by atoms with Gasteiger partial charge in [-0.05, 0) is 81.5 Å². The third-order valence-electron chi connectivity index (χ3n) is 5.89. The maximum atomic E-state index is 15.3. The monoisotopic (exact) mass is 453 g/mol. The zero-order valence-corrected chi connectivity index (χ0v) is 19.5. The largest absolute Gasteiger partial charge is 0.493 e. The van der Waals surface area contributed by atoms with Gasteiger partial charge in [-0.3, -0.25) is 4.79 Å². The molecule has 0 unspecified atom stereocenters. The lowest BCUT2D eigenvalue weighted by Crippen LogP contribution is -2.33. The van der Waals surface area contributed by atoms with Gasteiger partial charge in [0.25, 0.3) is 5.56 Å². The number of hydrogen-bond donors (Lipinski definition) is 1. The molecule has 1 aliphatic rings. The molecule has 6 nitrogen and oxygen atoms in total. The van der Waals surface area contributed by atoms with E-state index in [0.717, 1.165) is 29.7 Å². The highest BCUT2D eigenvalue weighted by Gasteiger charge is 2.34. The first-order valence-corrected chi connectivity index (χ1v) is 11.0. The molecule has 0 spiro atoms. The Hall–Kier alpha value is -3.19. The van der Waals surface area contributed by atoms with E-state index in [1.54, 1.807) is 26.8 Å². The van der Waals surface area contributed by atoms with Crippen LogP contribution in [0.1, 0.15) is 50.1 Å². The van der Waals surface area contributed by atoms with Crippen molar-refractivity contribution in [1.29, 1.82) is 0 Å². The molecule has 2 heterocycles. The number of ether oxygens (including phenoxy) is 2. The number of nitrogens with zero attached hydrogens (tertiary/aromatic N) is 1. The van der Waals surface area contributed by atoms with Crippen LogP contribution in [0.2, 0.25) is 0 Å². The number of fused-ring (bicyclic) bond motifs is 2. The maximum Gasteiger partial charge on any atom is 0.339 e. The molecule has 0 fully saturated rings. The summed E-state index contributed by atoms with van der Waals surface area (Å²) in [7, 11) is 1.50. The molecule has 0 bridgehead atoms. The number of pyridine rings is 1. The van der Waals surface area contributed by atoms with E-state index in [0.29, 0.717) is 17.7 Å². The summed E-state index contributed by atoms with van der Waals surface area (Å²) in [5.41, 5.74) is 1.58. The molecule has 0 saturated heterocycles. The molecule has 3 aromatic rings. The molecule has 1 aliphatic heterocycles. The first-order chi connectivity index (χ1) is 15.5. The fourth-order valence-electron chi connectivity index (χ4n) is 4.47. The third-order valence-corrected chi connectivity index (χ3v) is 5.89. The molecular formula is C26H28FNO5. The van der Waals surface area contributed by atoms with Gasteiger partial charge in [0.15, 0.2) is 6.10 Å². The summed E-state index contributed by atoms with van der Waals surface area (Å²) in [4.78, 5) is 25.6. The van der Waals surface area contributed by atoms with E-state index in [4.69, 9.17) is 9.47 Å². The fourth-order valence-corrected chi connectivity index (χ4v) is 4.47. The van der Waals surface area contributed by atoms with E-state index in [2.05, 4.69) is 0 Å². The Kier molecular flexibility index (Phi) is 5.78. The number of halogens is 1. The van der Waals surface area contributed by atoms with Crippen molar-refractivity contribution in [3.63, 3.8) is 0 Å². The fraction of sp³-hybridized carbons (Fsp3) is 0.385. The molecule has 1 N–H and O–H groups in total. The van der Waals surface area contributed by atoms with Crippen LogP contribution in [0.3, 0.4) is 0 Å².